The molecule has 0 radical (unpaired) electrons. The van der Waals surface area contributed by atoms with Crippen molar-refractivity contribution in [3.05, 3.63) is 71.4 Å². The lowest BCUT2D eigenvalue weighted by molar-refractivity contribution is 0.0985. The zero-order valence-corrected chi connectivity index (χ0v) is 19.2. The number of piperazine rings is 1. The van der Waals surface area contributed by atoms with Crippen molar-refractivity contribution in [3.8, 4) is 22.8 Å². The molecule has 4 heterocycles. The lowest BCUT2D eigenvalue weighted by Crippen LogP contribution is -2.47. The molecule has 3 unspecified atom stereocenters. The highest BCUT2D eigenvalue weighted by Gasteiger charge is 2.49. The number of rotatable bonds is 5. The molecular formula is C26H27N5O3. The lowest BCUT2D eigenvalue weighted by atomic mass is 10.00. The van der Waals surface area contributed by atoms with E-state index < -0.39 is 0 Å². The molecule has 3 N–H and O–H groups in total. The maximum atomic E-state index is 9.69. The molecule has 0 spiro atoms. The summed E-state index contributed by atoms with van der Waals surface area (Å²) in [5, 5.41) is 21.7. The minimum Gasteiger partial charge on any atom is -0.508 e. The van der Waals surface area contributed by atoms with Crippen LogP contribution < -0.4 is 10.1 Å². The number of aromatic hydroxyl groups is 1. The van der Waals surface area contributed by atoms with E-state index in [2.05, 4.69) is 38.6 Å². The average Bonchev–Trinajstić information content (AvgIpc) is 3.59. The summed E-state index contributed by atoms with van der Waals surface area (Å²) in [5.74, 6) is 1.09. The number of hydrogen-bond acceptors (Lipinski definition) is 7. The SMILES string of the molecule is COc1cccc(C2CNCCN2C2OC2c2cc(-c3ccc(O)cc3)nc3n[nH]c(C)c23)c1. The first-order chi connectivity index (χ1) is 16.6. The van der Waals surface area contributed by atoms with Gasteiger partial charge in [0.1, 0.15) is 23.8 Å². The molecule has 0 aliphatic carbocycles. The van der Waals surface area contributed by atoms with Crippen LogP contribution in [0.25, 0.3) is 22.3 Å². The molecule has 2 aliphatic rings. The van der Waals surface area contributed by atoms with Crippen LogP contribution in [0.3, 0.4) is 0 Å². The van der Waals surface area contributed by atoms with Gasteiger partial charge in [-0.15, -0.1) is 0 Å². The number of methoxy groups -OCH3 is 1. The third kappa shape index (κ3) is 3.69. The summed E-state index contributed by atoms with van der Waals surface area (Å²) in [4.78, 5) is 7.21. The molecule has 8 nitrogen and oxygen atoms in total. The summed E-state index contributed by atoms with van der Waals surface area (Å²) in [5.41, 5.74) is 5.70. The van der Waals surface area contributed by atoms with E-state index in [4.69, 9.17) is 14.5 Å². The number of fused-ring (bicyclic) bond motifs is 1. The third-order valence-corrected chi connectivity index (χ3v) is 6.76. The molecule has 2 aromatic carbocycles. The van der Waals surface area contributed by atoms with Gasteiger partial charge in [0.25, 0.3) is 0 Å². The normalized spacial score (nSPS) is 22.7. The Labute approximate surface area is 197 Å². The molecule has 0 bridgehead atoms. The fourth-order valence-corrected chi connectivity index (χ4v) is 4.98. The van der Waals surface area contributed by atoms with Crippen LogP contribution in [0.4, 0.5) is 0 Å². The van der Waals surface area contributed by atoms with E-state index in [-0.39, 0.29) is 24.1 Å². The third-order valence-electron chi connectivity index (χ3n) is 6.76. The average molecular weight is 458 g/mol. The van der Waals surface area contributed by atoms with E-state index in [0.29, 0.717) is 5.65 Å². The van der Waals surface area contributed by atoms with Crippen molar-refractivity contribution >= 4 is 11.0 Å². The zero-order valence-electron chi connectivity index (χ0n) is 19.2. The van der Waals surface area contributed by atoms with Crippen molar-refractivity contribution in [3.63, 3.8) is 0 Å². The van der Waals surface area contributed by atoms with E-state index in [0.717, 1.165) is 53.3 Å². The summed E-state index contributed by atoms with van der Waals surface area (Å²) in [6.45, 7) is 4.69. The van der Waals surface area contributed by atoms with Crippen LogP contribution in [-0.2, 0) is 4.74 Å². The smallest absolute Gasteiger partial charge is 0.182 e. The van der Waals surface area contributed by atoms with Gasteiger partial charge in [0.2, 0.25) is 0 Å². The summed E-state index contributed by atoms with van der Waals surface area (Å²) in [6.07, 6.45) is -0.0882. The quantitative estimate of drug-likeness (QED) is 0.393. The predicted octanol–water partition coefficient (Wildman–Crippen LogP) is 3.69. The molecule has 2 fully saturated rings. The second-order valence-electron chi connectivity index (χ2n) is 8.87. The molecule has 8 heteroatoms. The summed E-state index contributed by atoms with van der Waals surface area (Å²) in [7, 11) is 1.70. The molecular weight excluding hydrogens is 430 g/mol. The first-order valence-electron chi connectivity index (χ1n) is 11.5. The Morgan fingerprint density at radius 2 is 2.00 bits per heavy atom. The van der Waals surface area contributed by atoms with Crippen LogP contribution in [0.5, 0.6) is 11.5 Å². The van der Waals surface area contributed by atoms with Gasteiger partial charge in [-0.1, -0.05) is 12.1 Å². The molecule has 6 rings (SSSR count). The Morgan fingerprint density at radius 1 is 1.15 bits per heavy atom. The Bertz CT molecular complexity index is 1340. The zero-order chi connectivity index (χ0) is 23.2. The first-order valence-corrected chi connectivity index (χ1v) is 11.5. The number of aromatic amines is 1. The Morgan fingerprint density at radius 3 is 2.82 bits per heavy atom. The molecule has 0 amide bonds. The van der Waals surface area contributed by atoms with Crippen molar-refractivity contribution in [2.75, 3.05) is 26.7 Å². The van der Waals surface area contributed by atoms with E-state index in [1.54, 1.807) is 19.2 Å². The van der Waals surface area contributed by atoms with Gasteiger partial charge >= 0.3 is 0 Å². The van der Waals surface area contributed by atoms with Gasteiger partial charge in [-0.25, -0.2) is 4.98 Å². The van der Waals surface area contributed by atoms with Crippen molar-refractivity contribution in [1.29, 1.82) is 0 Å². The van der Waals surface area contributed by atoms with E-state index >= 15 is 0 Å². The topological polar surface area (TPSA) is 98.8 Å². The molecule has 2 aliphatic heterocycles. The Balaban J connectivity index is 1.35. The maximum Gasteiger partial charge on any atom is 0.182 e. The molecule has 2 saturated heterocycles. The minimum absolute atomic E-state index is 0.0223. The summed E-state index contributed by atoms with van der Waals surface area (Å²) in [6, 6.07) is 17.6. The number of nitrogens with zero attached hydrogens (tertiary/aromatic N) is 3. The monoisotopic (exact) mass is 457 g/mol. The van der Waals surface area contributed by atoms with Crippen LogP contribution in [0.15, 0.2) is 54.6 Å². The van der Waals surface area contributed by atoms with E-state index in [9.17, 15) is 5.11 Å². The van der Waals surface area contributed by atoms with Crippen molar-refractivity contribution in [1.82, 2.24) is 25.4 Å². The van der Waals surface area contributed by atoms with Gasteiger partial charge in [-0.05, 0) is 60.5 Å². The van der Waals surface area contributed by atoms with Gasteiger partial charge in [-0.2, -0.15) is 5.10 Å². The van der Waals surface area contributed by atoms with Crippen LogP contribution in [0.2, 0.25) is 0 Å². The van der Waals surface area contributed by atoms with Gasteiger partial charge in [-0.3, -0.25) is 10.00 Å². The predicted molar refractivity (Wildman–Crippen MR) is 129 cm³/mol. The van der Waals surface area contributed by atoms with Crippen molar-refractivity contribution in [2.24, 2.45) is 0 Å². The van der Waals surface area contributed by atoms with Crippen molar-refractivity contribution < 1.29 is 14.6 Å². The highest BCUT2D eigenvalue weighted by molar-refractivity contribution is 5.85. The number of aromatic nitrogens is 3. The molecule has 174 valence electrons. The van der Waals surface area contributed by atoms with E-state index in [1.807, 2.05) is 31.2 Å². The molecule has 0 saturated carbocycles. The number of phenolic OH excluding ortho intramolecular Hbond substituents is 1. The molecule has 2 aromatic heterocycles. The lowest BCUT2D eigenvalue weighted by Gasteiger charge is -2.35. The van der Waals surface area contributed by atoms with Crippen LogP contribution in [0.1, 0.15) is 29.0 Å². The summed E-state index contributed by atoms with van der Waals surface area (Å²) >= 11 is 0. The molecule has 34 heavy (non-hydrogen) atoms. The molecule has 4 aromatic rings. The highest BCUT2D eigenvalue weighted by atomic mass is 16.6. The number of phenols is 1. The Kier molecular flexibility index (Phi) is 5.21. The van der Waals surface area contributed by atoms with Gasteiger partial charge in [0.15, 0.2) is 5.65 Å². The summed E-state index contributed by atoms with van der Waals surface area (Å²) < 4.78 is 11.8. The number of benzene rings is 2. The highest BCUT2D eigenvalue weighted by Crippen LogP contribution is 2.47. The fraction of sp³-hybridized carbons (Fsp3) is 0.308. The number of pyridine rings is 1. The fourth-order valence-electron chi connectivity index (χ4n) is 4.98. The number of nitrogens with one attached hydrogen (secondary N) is 2. The maximum absolute atomic E-state index is 9.69. The van der Waals surface area contributed by atoms with Gasteiger partial charge < -0.3 is 19.9 Å². The van der Waals surface area contributed by atoms with Crippen molar-refractivity contribution in [2.45, 2.75) is 25.3 Å². The van der Waals surface area contributed by atoms with Crippen LogP contribution in [0, 0.1) is 6.92 Å². The van der Waals surface area contributed by atoms with E-state index in [1.165, 1.54) is 5.56 Å². The largest absolute Gasteiger partial charge is 0.508 e. The van der Waals surface area contributed by atoms with Crippen LogP contribution >= 0.6 is 0 Å². The second-order valence-corrected chi connectivity index (χ2v) is 8.87. The number of ether oxygens (including phenoxy) is 2. The number of H-pyrrole nitrogens is 1. The van der Waals surface area contributed by atoms with Gasteiger partial charge in [0.05, 0.1) is 12.8 Å². The minimum atomic E-state index is -0.0659. The number of aryl methyl sites for hydroxylation is 1. The second kappa shape index (κ2) is 8.39. The number of epoxide rings is 1. The van der Waals surface area contributed by atoms with Gasteiger partial charge in [0, 0.05) is 42.3 Å². The Hall–Kier alpha value is -3.46. The molecule has 3 atom stereocenters. The number of hydrogen-bond donors (Lipinski definition) is 3. The van der Waals surface area contributed by atoms with Crippen LogP contribution in [-0.4, -0.2) is 58.2 Å². The first kappa shape index (κ1) is 21.1. The standard InChI is InChI=1S/C26H27N5O3/c1-15-23-20(13-21(28-25(23)30-29-15)16-6-8-18(32)9-7-16)24-26(34-24)31-11-10-27-14-22(31)17-4-3-5-19(12-17)33-2/h3-9,12-13,22,24,26-27,32H,10-11,14H2,1-2H3,(H,28,29,30).